The zero-order valence-electron chi connectivity index (χ0n) is 15.1. The summed E-state index contributed by atoms with van der Waals surface area (Å²) in [5, 5.41) is 12.9. The number of likely N-dealkylation sites (N-methyl/N-ethyl adjacent to an activating group) is 2. The number of carbonyl (C=O) groups excluding carboxylic acids is 2. The van der Waals surface area contributed by atoms with Gasteiger partial charge in [-0.2, -0.15) is 13.2 Å². The Morgan fingerprint density at radius 2 is 2.12 bits per heavy atom. The summed E-state index contributed by atoms with van der Waals surface area (Å²) < 4.78 is 39.2. The van der Waals surface area contributed by atoms with E-state index in [9.17, 15) is 27.9 Å². The van der Waals surface area contributed by atoms with Crippen molar-refractivity contribution in [3.63, 3.8) is 0 Å². The number of nitrogens with one attached hydrogen (secondary N) is 1. The first-order chi connectivity index (χ1) is 12.0. The van der Waals surface area contributed by atoms with Crippen LogP contribution in [0.15, 0.2) is 11.5 Å². The Labute approximate surface area is 150 Å². The maximum atomic E-state index is 13.1. The van der Waals surface area contributed by atoms with Gasteiger partial charge >= 0.3 is 6.18 Å². The summed E-state index contributed by atoms with van der Waals surface area (Å²) in [6.07, 6.45) is -4.05. The van der Waals surface area contributed by atoms with Gasteiger partial charge in [-0.3, -0.25) is 9.59 Å². The van der Waals surface area contributed by atoms with Crippen LogP contribution in [0.4, 0.5) is 13.2 Å². The van der Waals surface area contributed by atoms with Crippen LogP contribution in [0.1, 0.15) is 25.7 Å². The van der Waals surface area contributed by atoms with E-state index in [4.69, 9.17) is 0 Å². The number of halogens is 3. The molecule has 0 bridgehead atoms. The van der Waals surface area contributed by atoms with Gasteiger partial charge in [-0.15, -0.1) is 0 Å². The second-order valence-electron chi connectivity index (χ2n) is 7.12. The number of carbonyl (C=O) groups is 2. The fourth-order valence-electron chi connectivity index (χ4n) is 3.58. The van der Waals surface area contributed by atoms with E-state index in [2.05, 4.69) is 5.32 Å². The molecule has 1 aliphatic carbocycles. The molecule has 1 heterocycles. The zero-order chi connectivity index (χ0) is 19.7. The molecule has 1 saturated carbocycles. The minimum Gasteiger partial charge on any atom is -0.380 e. The van der Waals surface area contributed by atoms with E-state index in [1.165, 1.54) is 23.9 Å². The van der Waals surface area contributed by atoms with E-state index in [1.807, 2.05) is 0 Å². The molecule has 2 atom stereocenters. The normalized spacial score (nSPS) is 26.6. The van der Waals surface area contributed by atoms with Crippen molar-refractivity contribution in [1.29, 1.82) is 0 Å². The van der Waals surface area contributed by atoms with Crippen molar-refractivity contribution in [1.82, 2.24) is 20.0 Å². The maximum absolute atomic E-state index is 13.1. The van der Waals surface area contributed by atoms with E-state index in [1.54, 1.807) is 11.9 Å². The lowest BCUT2D eigenvalue weighted by Crippen LogP contribution is -2.50. The average molecular weight is 378 g/mol. The van der Waals surface area contributed by atoms with Crippen LogP contribution in [0.25, 0.3) is 0 Å². The number of hydrogen-bond acceptors (Lipinski definition) is 5. The van der Waals surface area contributed by atoms with Gasteiger partial charge in [-0.25, -0.2) is 0 Å². The molecule has 0 aromatic heterocycles. The molecule has 0 spiro atoms. The van der Waals surface area contributed by atoms with Crippen molar-refractivity contribution in [2.45, 2.75) is 37.5 Å². The third kappa shape index (κ3) is 3.89. The minimum atomic E-state index is -4.67. The predicted molar refractivity (Wildman–Crippen MR) is 87.2 cm³/mol. The molecule has 2 unspecified atom stereocenters. The third-order valence-corrected chi connectivity index (χ3v) is 5.04. The summed E-state index contributed by atoms with van der Waals surface area (Å²) >= 11 is 0. The Kier molecular flexibility index (Phi) is 5.74. The Hall–Kier alpha value is -1.97. The first-order valence-corrected chi connectivity index (χ1v) is 8.42. The van der Waals surface area contributed by atoms with Crippen LogP contribution in [-0.2, 0) is 9.59 Å². The van der Waals surface area contributed by atoms with E-state index in [0.29, 0.717) is 25.3 Å². The van der Waals surface area contributed by atoms with Crippen LogP contribution in [-0.4, -0.2) is 78.3 Å². The minimum absolute atomic E-state index is 0.104. The summed E-state index contributed by atoms with van der Waals surface area (Å²) in [5.41, 5.74) is -2.41. The van der Waals surface area contributed by atoms with Gasteiger partial charge in [0.15, 0.2) is 5.60 Å². The van der Waals surface area contributed by atoms with Crippen molar-refractivity contribution >= 4 is 12.3 Å². The molecule has 0 aromatic rings. The molecule has 2 N–H and O–H groups in total. The van der Waals surface area contributed by atoms with Crippen molar-refractivity contribution in [3.8, 4) is 0 Å². The third-order valence-electron chi connectivity index (χ3n) is 5.04. The molecule has 2 amide bonds. The number of nitrogens with zero attached hydrogens (tertiary/aromatic N) is 3. The quantitative estimate of drug-likeness (QED) is 0.688. The number of hydrogen-bond donors (Lipinski definition) is 2. The monoisotopic (exact) mass is 378 g/mol. The highest BCUT2D eigenvalue weighted by molar-refractivity contribution is 5.94. The Balaban J connectivity index is 2.10. The summed E-state index contributed by atoms with van der Waals surface area (Å²) in [6.45, 7) is 0.451. The van der Waals surface area contributed by atoms with Crippen LogP contribution in [0, 0.1) is 5.92 Å². The molecule has 2 aliphatic rings. The van der Waals surface area contributed by atoms with Crippen LogP contribution in [0.2, 0.25) is 0 Å². The lowest BCUT2D eigenvalue weighted by Gasteiger charge is -2.39. The first-order valence-electron chi connectivity index (χ1n) is 8.42. The lowest BCUT2D eigenvalue weighted by atomic mass is 9.77. The summed E-state index contributed by atoms with van der Waals surface area (Å²) in [4.78, 5) is 28.0. The number of amides is 2. The van der Waals surface area contributed by atoms with E-state index < -0.39 is 24.1 Å². The molecule has 0 aromatic carbocycles. The topological polar surface area (TPSA) is 76.1 Å². The standard InChI is InChI=1S/C16H25F3N4O3/c1-21(8-11-5-4-6-15(26,7-11)16(17,18)19)14(25)12-13(23(3)10-24)20-9-22(12)2/h10-11,20,26H,4-9H2,1-3H3. The number of rotatable bonds is 5. The van der Waals surface area contributed by atoms with Crippen molar-refractivity contribution < 1.29 is 27.9 Å². The second kappa shape index (κ2) is 7.34. The van der Waals surface area contributed by atoms with Gasteiger partial charge in [0.25, 0.3) is 5.91 Å². The molecule has 1 aliphatic heterocycles. The van der Waals surface area contributed by atoms with Gasteiger partial charge in [0.2, 0.25) is 6.41 Å². The van der Waals surface area contributed by atoms with Crippen molar-refractivity contribution in [2.75, 3.05) is 34.4 Å². The van der Waals surface area contributed by atoms with Gasteiger partial charge in [-0.1, -0.05) is 0 Å². The Morgan fingerprint density at radius 1 is 1.46 bits per heavy atom. The SMILES string of the molecule is CN(C=O)C1=C(C(=O)N(C)CC2CCCC(O)(C(F)(F)F)C2)N(C)CN1. The molecule has 0 radical (unpaired) electrons. The fourth-order valence-corrected chi connectivity index (χ4v) is 3.58. The average Bonchev–Trinajstić information content (AvgIpc) is 2.94. The van der Waals surface area contributed by atoms with Gasteiger partial charge in [0.05, 0.1) is 6.67 Å². The Bertz CT molecular complexity index is 596. The van der Waals surface area contributed by atoms with E-state index in [0.717, 1.165) is 0 Å². The van der Waals surface area contributed by atoms with Crippen LogP contribution < -0.4 is 5.32 Å². The maximum Gasteiger partial charge on any atom is 0.417 e. The predicted octanol–water partition coefficient (Wildman–Crippen LogP) is 0.678. The zero-order valence-corrected chi connectivity index (χ0v) is 15.1. The molecule has 26 heavy (non-hydrogen) atoms. The smallest absolute Gasteiger partial charge is 0.380 e. The molecular weight excluding hydrogens is 353 g/mol. The van der Waals surface area contributed by atoms with Gasteiger partial charge in [0.1, 0.15) is 11.5 Å². The lowest BCUT2D eigenvalue weighted by molar-refractivity contribution is -0.274. The molecule has 2 rings (SSSR count). The van der Waals surface area contributed by atoms with Crippen molar-refractivity contribution in [3.05, 3.63) is 11.5 Å². The molecule has 1 fully saturated rings. The molecule has 10 heteroatoms. The highest BCUT2D eigenvalue weighted by Gasteiger charge is 2.55. The van der Waals surface area contributed by atoms with Crippen LogP contribution in [0.5, 0.6) is 0 Å². The highest BCUT2D eigenvalue weighted by atomic mass is 19.4. The van der Waals surface area contributed by atoms with Crippen LogP contribution in [0.3, 0.4) is 0 Å². The summed E-state index contributed by atoms with van der Waals surface area (Å²) in [6, 6.07) is 0. The number of alkyl halides is 3. The Morgan fingerprint density at radius 3 is 2.69 bits per heavy atom. The second-order valence-corrected chi connectivity index (χ2v) is 7.12. The fraction of sp³-hybridized carbons (Fsp3) is 0.750. The van der Waals surface area contributed by atoms with Crippen LogP contribution >= 0.6 is 0 Å². The molecule has 148 valence electrons. The molecule has 0 saturated heterocycles. The van der Waals surface area contributed by atoms with Gasteiger partial charge < -0.3 is 25.1 Å². The van der Waals surface area contributed by atoms with Crippen molar-refractivity contribution in [2.24, 2.45) is 5.92 Å². The molecular formula is C16H25F3N4O3. The van der Waals surface area contributed by atoms with E-state index in [-0.39, 0.29) is 31.0 Å². The summed E-state index contributed by atoms with van der Waals surface area (Å²) in [5.74, 6) is -0.478. The highest BCUT2D eigenvalue weighted by Crippen LogP contribution is 2.43. The first kappa shape index (κ1) is 20.3. The van der Waals surface area contributed by atoms with Gasteiger partial charge in [0, 0.05) is 27.7 Å². The number of aliphatic hydroxyl groups is 1. The summed E-state index contributed by atoms with van der Waals surface area (Å²) in [7, 11) is 4.70. The van der Waals surface area contributed by atoms with E-state index >= 15 is 0 Å². The largest absolute Gasteiger partial charge is 0.417 e. The van der Waals surface area contributed by atoms with Gasteiger partial charge in [-0.05, 0) is 31.6 Å². The molecule has 7 nitrogen and oxygen atoms in total.